The van der Waals surface area contributed by atoms with Crippen molar-refractivity contribution < 1.29 is 31.1 Å². The van der Waals surface area contributed by atoms with Crippen LogP contribution in [-0.2, 0) is 29.2 Å². The molecule has 4 rings (SSSR count). The Hall–Kier alpha value is -2.79. The summed E-state index contributed by atoms with van der Waals surface area (Å²) in [5.41, 5.74) is -1.40. The summed E-state index contributed by atoms with van der Waals surface area (Å²) in [7, 11) is 0. The maximum Gasteiger partial charge on any atom is 0.416 e. The van der Waals surface area contributed by atoms with Gasteiger partial charge in [-0.25, -0.2) is 0 Å². The van der Waals surface area contributed by atoms with E-state index < -0.39 is 29.0 Å². The van der Waals surface area contributed by atoms with Gasteiger partial charge in [0.05, 0.1) is 26.7 Å². The Morgan fingerprint density at radius 1 is 0.889 bits per heavy atom. The molecule has 2 N–H and O–H groups in total. The van der Waals surface area contributed by atoms with E-state index in [9.17, 15) is 31.1 Å². The minimum Gasteiger partial charge on any atom is -0.347 e. The lowest BCUT2D eigenvalue weighted by Crippen LogP contribution is -2.54. The number of carbonyl (C=O) groups excluding carboxylic acids is 1. The van der Waals surface area contributed by atoms with E-state index >= 15 is 0 Å². The maximum absolute atomic E-state index is 13.4. The van der Waals surface area contributed by atoms with Crippen LogP contribution in [-0.4, -0.2) is 36.5 Å². The van der Waals surface area contributed by atoms with E-state index in [0.29, 0.717) is 42.4 Å². The smallest absolute Gasteiger partial charge is 0.347 e. The maximum atomic E-state index is 13.4. The molecule has 0 saturated carbocycles. The number of hydrogen-bond acceptors (Lipinski definition) is 3. The van der Waals surface area contributed by atoms with Crippen LogP contribution in [0.5, 0.6) is 0 Å². The Balaban J connectivity index is 1.49. The zero-order valence-electron chi connectivity index (χ0n) is 24.8. The van der Waals surface area contributed by atoms with E-state index in [1.807, 2.05) is 36.4 Å². The van der Waals surface area contributed by atoms with Crippen LogP contribution in [0.4, 0.5) is 26.3 Å². The number of halogens is 8. The monoisotopic (exact) mass is 673 g/mol. The van der Waals surface area contributed by atoms with Gasteiger partial charge in [0, 0.05) is 39.1 Å². The first-order chi connectivity index (χ1) is 21.1. The van der Waals surface area contributed by atoms with Gasteiger partial charge in [-0.3, -0.25) is 4.79 Å². The van der Waals surface area contributed by atoms with Crippen LogP contribution in [0.1, 0.15) is 66.8 Å². The molecule has 1 aliphatic heterocycles. The van der Waals surface area contributed by atoms with Crippen LogP contribution in [0.25, 0.3) is 0 Å². The number of likely N-dealkylation sites (tertiary alicyclic amines) is 1. The standard InChI is InChI=1S/C33H35Cl2F6N3O/c1-21(44-12-10-31(11-13-44,43-22(2)45)26-6-4-3-5-7-26)14-25(24-8-9-29(34)30(35)17-24)20-42-19-23-15-27(32(36,37)38)18-28(16-23)33(39,40)41/h3-9,15-18,21,25,42H,10-14,19-20H2,1-2H3,(H,43,45). The summed E-state index contributed by atoms with van der Waals surface area (Å²) >= 11 is 12.5. The Kier molecular flexibility index (Phi) is 11.2. The van der Waals surface area contributed by atoms with E-state index in [1.54, 1.807) is 12.1 Å². The fourth-order valence-electron chi connectivity index (χ4n) is 6.10. The number of nitrogens with one attached hydrogen (secondary N) is 2. The molecular weight excluding hydrogens is 639 g/mol. The number of benzene rings is 3. The number of rotatable bonds is 10. The molecule has 0 aromatic heterocycles. The normalized spacial score (nSPS) is 17.1. The molecular formula is C33H35Cl2F6N3O. The van der Waals surface area contributed by atoms with Gasteiger partial charge in [0.1, 0.15) is 0 Å². The van der Waals surface area contributed by atoms with Crippen molar-refractivity contribution >= 4 is 29.1 Å². The molecule has 1 heterocycles. The summed E-state index contributed by atoms with van der Waals surface area (Å²) in [4.78, 5) is 14.5. The van der Waals surface area contributed by atoms with Gasteiger partial charge in [0.25, 0.3) is 0 Å². The molecule has 4 nitrogen and oxygen atoms in total. The Morgan fingerprint density at radius 2 is 1.49 bits per heavy atom. The number of carbonyl (C=O) groups is 1. The molecule has 0 aliphatic carbocycles. The highest BCUT2D eigenvalue weighted by Gasteiger charge is 2.39. The highest BCUT2D eigenvalue weighted by Crippen LogP contribution is 2.38. The number of amides is 1. The van der Waals surface area contributed by atoms with Gasteiger partial charge in [0.2, 0.25) is 5.91 Å². The third-order valence-corrected chi connectivity index (χ3v) is 9.16. The van der Waals surface area contributed by atoms with Gasteiger partial charge < -0.3 is 15.5 Å². The van der Waals surface area contributed by atoms with E-state index in [4.69, 9.17) is 23.2 Å². The molecule has 1 amide bonds. The quantitative estimate of drug-likeness (QED) is 0.212. The number of piperidine rings is 1. The van der Waals surface area contributed by atoms with Crippen molar-refractivity contribution in [3.8, 4) is 0 Å². The summed E-state index contributed by atoms with van der Waals surface area (Å²) < 4.78 is 80.2. The largest absolute Gasteiger partial charge is 0.416 e. The van der Waals surface area contributed by atoms with Crippen LogP contribution < -0.4 is 10.6 Å². The lowest BCUT2D eigenvalue weighted by molar-refractivity contribution is -0.143. The van der Waals surface area contributed by atoms with Crippen LogP contribution in [0.3, 0.4) is 0 Å². The van der Waals surface area contributed by atoms with Crippen LogP contribution in [0, 0.1) is 0 Å². The average Bonchev–Trinajstić information content (AvgIpc) is 2.97. The minimum absolute atomic E-state index is 0.0581. The second kappa shape index (κ2) is 14.3. The van der Waals surface area contributed by atoms with Crippen molar-refractivity contribution in [2.45, 2.75) is 69.5 Å². The van der Waals surface area contributed by atoms with E-state index in [1.165, 1.54) is 6.92 Å². The highest BCUT2D eigenvalue weighted by molar-refractivity contribution is 6.42. The third kappa shape index (κ3) is 9.15. The van der Waals surface area contributed by atoms with Gasteiger partial charge in [-0.05, 0) is 79.1 Å². The van der Waals surface area contributed by atoms with Crippen molar-refractivity contribution in [2.24, 2.45) is 0 Å². The Morgan fingerprint density at radius 3 is 2.02 bits per heavy atom. The molecule has 3 aromatic rings. The first-order valence-electron chi connectivity index (χ1n) is 14.6. The first kappa shape index (κ1) is 35.1. The Bertz CT molecular complexity index is 1420. The predicted octanol–water partition coefficient (Wildman–Crippen LogP) is 8.81. The van der Waals surface area contributed by atoms with Crippen molar-refractivity contribution in [3.63, 3.8) is 0 Å². The second-order valence-corrected chi connectivity index (χ2v) is 12.5. The fraction of sp³-hybridized carbons (Fsp3) is 0.424. The number of hydrogen-bond donors (Lipinski definition) is 2. The minimum atomic E-state index is -4.92. The average molecular weight is 675 g/mol. The van der Waals surface area contributed by atoms with Gasteiger partial charge in [-0.1, -0.05) is 59.6 Å². The SMILES string of the molecule is CC(=O)NC1(c2ccccc2)CCN(C(C)CC(CNCc2cc(C(F)(F)F)cc(C(F)(F)F)c2)c2ccc(Cl)c(Cl)c2)CC1. The van der Waals surface area contributed by atoms with E-state index in [-0.39, 0.29) is 42.6 Å². The highest BCUT2D eigenvalue weighted by atomic mass is 35.5. The van der Waals surface area contributed by atoms with Crippen molar-refractivity contribution in [2.75, 3.05) is 19.6 Å². The number of alkyl halides is 6. The molecule has 244 valence electrons. The van der Waals surface area contributed by atoms with E-state index in [2.05, 4.69) is 22.5 Å². The molecule has 2 atom stereocenters. The first-order valence-corrected chi connectivity index (χ1v) is 15.4. The van der Waals surface area contributed by atoms with Crippen LogP contribution in [0.2, 0.25) is 10.0 Å². The fourth-order valence-corrected chi connectivity index (χ4v) is 6.41. The number of nitrogens with zero attached hydrogens (tertiary/aromatic N) is 1. The van der Waals surface area contributed by atoms with Crippen molar-refractivity contribution in [1.29, 1.82) is 0 Å². The Labute approximate surface area is 269 Å². The molecule has 1 aliphatic rings. The van der Waals surface area contributed by atoms with Crippen LogP contribution in [0.15, 0.2) is 66.7 Å². The summed E-state index contributed by atoms with van der Waals surface area (Å²) in [6, 6.07) is 16.8. The lowest BCUT2D eigenvalue weighted by Gasteiger charge is -2.45. The molecule has 0 spiro atoms. The molecule has 12 heteroatoms. The molecule has 0 radical (unpaired) electrons. The summed E-state index contributed by atoms with van der Waals surface area (Å²) in [5.74, 6) is -0.284. The zero-order chi connectivity index (χ0) is 33.0. The van der Waals surface area contributed by atoms with Crippen molar-refractivity contribution in [1.82, 2.24) is 15.5 Å². The molecule has 0 bridgehead atoms. The topological polar surface area (TPSA) is 44.4 Å². The van der Waals surface area contributed by atoms with Gasteiger partial charge in [0.15, 0.2) is 0 Å². The predicted molar refractivity (Wildman–Crippen MR) is 164 cm³/mol. The van der Waals surface area contributed by atoms with Crippen molar-refractivity contribution in [3.05, 3.63) is 105 Å². The van der Waals surface area contributed by atoms with Gasteiger partial charge in [-0.15, -0.1) is 0 Å². The van der Waals surface area contributed by atoms with Crippen LogP contribution >= 0.6 is 23.2 Å². The molecule has 1 fully saturated rings. The molecule has 45 heavy (non-hydrogen) atoms. The molecule has 2 unspecified atom stereocenters. The van der Waals surface area contributed by atoms with Gasteiger partial charge in [-0.2, -0.15) is 26.3 Å². The second-order valence-electron chi connectivity index (χ2n) is 11.7. The summed E-state index contributed by atoms with van der Waals surface area (Å²) in [6.07, 6.45) is -7.80. The summed E-state index contributed by atoms with van der Waals surface area (Å²) in [5, 5.41) is 6.97. The summed E-state index contributed by atoms with van der Waals surface area (Å²) in [6.45, 7) is 5.09. The van der Waals surface area contributed by atoms with Gasteiger partial charge >= 0.3 is 12.4 Å². The third-order valence-electron chi connectivity index (χ3n) is 8.42. The molecule has 1 saturated heterocycles. The molecule has 3 aromatic carbocycles. The van der Waals surface area contributed by atoms with E-state index in [0.717, 1.165) is 23.3 Å². The zero-order valence-corrected chi connectivity index (χ0v) is 26.3. The lowest BCUT2D eigenvalue weighted by atomic mass is 9.80.